The second-order valence-corrected chi connectivity index (χ2v) is 9.48. The minimum atomic E-state index is -0.221. The average molecular weight is 449 g/mol. The lowest BCUT2D eigenvalue weighted by Crippen LogP contribution is -2.46. The van der Waals surface area contributed by atoms with Gasteiger partial charge in [-0.15, -0.1) is 17.9 Å². The van der Waals surface area contributed by atoms with Gasteiger partial charge in [-0.1, -0.05) is 12.1 Å². The number of hydrogen-bond acceptors (Lipinski definition) is 5. The zero-order chi connectivity index (χ0) is 22.1. The van der Waals surface area contributed by atoms with E-state index in [1.54, 1.807) is 23.5 Å². The summed E-state index contributed by atoms with van der Waals surface area (Å²) in [5, 5.41) is 3.07. The zero-order valence-electron chi connectivity index (χ0n) is 18.5. The molecule has 0 radical (unpaired) electrons. The predicted molar refractivity (Wildman–Crippen MR) is 132 cm³/mol. The summed E-state index contributed by atoms with van der Waals surface area (Å²) in [4.78, 5) is 12.1. The molecule has 1 unspecified atom stereocenters. The van der Waals surface area contributed by atoms with Crippen molar-refractivity contribution in [1.29, 1.82) is 0 Å². The molecule has 3 aromatic rings. The van der Waals surface area contributed by atoms with Crippen LogP contribution < -0.4 is 9.80 Å². The van der Waals surface area contributed by atoms with Crippen LogP contribution in [0.4, 0.5) is 15.2 Å². The van der Waals surface area contributed by atoms with Crippen LogP contribution in [0.15, 0.2) is 60.5 Å². The van der Waals surface area contributed by atoms with Crippen molar-refractivity contribution in [2.45, 2.75) is 18.9 Å². The molecule has 5 rings (SSSR count). The Morgan fingerprint density at radius 1 is 1.16 bits per heavy atom. The molecule has 0 bridgehead atoms. The van der Waals surface area contributed by atoms with E-state index in [0.717, 1.165) is 62.0 Å². The zero-order valence-corrected chi connectivity index (χ0v) is 19.3. The second kappa shape index (κ2) is 9.04. The van der Waals surface area contributed by atoms with E-state index in [0.29, 0.717) is 6.04 Å². The molecule has 1 fully saturated rings. The minimum Gasteiger partial charge on any atom is -0.369 e. The molecule has 4 nitrogen and oxygen atoms in total. The topological polar surface area (TPSA) is 22.6 Å². The second-order valence-electron chi connectivity index (χ2n) is 8.65. The van der Waals surface area contributed by atoms with Crippen molar-refractivity contribution in [2.75, 3.05) is 49.6 Å². The molecule has 1 atom stereocenters. The normalized spacial score (nSPS) is 18.6. The first-order valence-electron chi connectivity index (χ1n) is 11.3. The van der Waals surface area contributed by atoms with Gasteiger partial charge in [-0.2, -0.15) is 0 Å². The molecule has 6 heteroatoms. The number of halogens is 1. The summed E-state index contributed by atoms with van der Waals surface area (Å²) in [7, 11) is 2.15. The number of fused-ring (bicyclic) bond motifs is 1. The standard InChI is InChI=1S/C26H29FN4S/c1-3-12-30-13-15-31(16-14-30)22-10-6-19-7-11-25(23(19)17-22)29(2)26-28-24(18-32-26)20-4-8-21(27)9-5-20/h3-6,8-10,17-18,25H,1,7,11-16H2,2H3. The maximum atomic E-state index is 13.3. The molecule has 2 heterocycles. The van der Waals surface area contributed by atoms with Crippen molar-refractivity contribution in [3.8, 4) is 11.3 Å². The van der Waals surface area contributed by atoms with Crippen LogP contribution in [0.5, 0.6) is 0 Å². The summed E-state index contributed by atoms with van der Waals surface area (Å²) >= 11 is 1.65. The van der Waals surface area contributed by atoms with E-state index >= 15 is 0 Å². The van der Waals surface area contributed by atoms with E-state index in [-0.39, 0.29) is 5.82 Å². The summed E-state index contributed by atoms with van der Waals surface area (Å²) in [6.45, 7) is 9.11. The lowest BCUT2D eigenvalue weighted by Gasteiger charge is -2.36. The number of rotatable bonds is 6. The van der Waals surface area contributed by atoms with Crippen LogP contribution in [0.25, 0.3) is 11.3 Å². The fraction of sp³-hybridized carbons (Fsp3) is 0.346. The fourth-order valence-electron chi connectivity index (χ4n) is 4.85. The van der Waals surface area contributed by atoms with Gasteiger partial charge >= 0.3 is 0 Å². The van der Waals surface area contributed by atoms with Crippen molar-refractivity contribution in [2.24, 2.45) is 0 Å². The average Bonchev–Trinajstić information content (AvgIpc) is 3.47. The Bertz CT molecular complexity index is 1090. The van der Waals surface area contributed by atoms with Gasteiger partial charge in [-0.3, -0.25) is 4.90 Å². The first-order chi connectivity index (χ1) is 15.6. The number of benzene rings is 2. The first kappa shape index (κ1) is 21.2. The lowest BCUT2D eigenvalue weighted by atomic mass is 10.1. The molecule has 32 heavy (non-hydrogen) atoms. The number of hydrogen-bond donors (Lipinski definition) is 0. The van der Waals surface area contributed by atoms with Gasteiger partial charge < -0.3 is 9.80 Å². The molecule has 1 aliphatic heterocycles. The molecule has 1 aliphatic carbocycles. The van der Waals surface area contributed by atoms with Crippen LogP contribution in [-0.4, -0.2) is 49.7 Å². The van der Waals surface area contributed by atoms with Gasteiger partial charge in [0.2, 0.25) is 0 Å². The van der Waals surface area contributed by atoms with Crippen LogP contribution >= 0.6 is 11.3 Å². The van der Waals surface area contributed by atoms with Gasteiger partial charge in [0, 0.05) is 56.4 Å². The van der Waals surface area contributed by atoms with Crippen molar-refractivity contribution < 1.29 is 4.39 Å². The summed E-state index contributed by atoms with van der Waals surface area (Å²) in [5.74, 6) is -0.221. The third-order valence-corrected chi connectivity index (χ3v) is 7.63. The van der Waals surface area contributed by atoms with Crippen molar-refractivity contribution in [1.82, 2.24) is 9.88 Å². The van der Waals surface area contributed by atoms with Gasteiger partial charge in [-0.25, -0.2) is 9.37 Å². The van der Waals surface area contributed by atoms with E-state index in [4.69, 9.17) is 4.98 Å². The SMILES string of the molecule is C=CCN1CCN(c2ccc3c(c2)C(N(C)c2nc(-c4ccc(F)cc4)cs2)CC3)CC1. The fourth-order valence-corrected chi connectivity index (χ4v) is 5.70. The Hall–Kier alpha value is -2.70. The predicted octanol–water partition coefficient (Wildman–Crippen LogP) is 5.38. The van der Waals surface area contributed by atoms with E-state index in [1.165, 1.54) is 28.9 Å². The molecule has 2 aromatic carbocycles. The highest BCUT2D eigenvalue weighted by molar-refractivity contribution is 7.14. The molecule has 1 saturated heterocycles. The van der Waals surface area contributed by atoms with Crippen molar-refractivity contribution >= 4 is 22.2 Å². The Balaban J connectivity index is 1.33. The molecule has 0 saturated carbocycles. The van der Waals surface area contributed by atoms with E-state index in [9.17, 15) is 4.39 Å². The van der Waals surface area contributed by atoms with Crippen LogP contribution in [0, 0.1) is 5.82 Å². The highest BCUT2D eigenvalue weighted by Crippen LogP contribution is 2.41. The monoisotopic (exact) mass is 448 g/mol. The molecule has 166 valence electrons. The van der Waals surface area contributed by atoms with Crippen LogP contribution in [-0.2, 0) is 6.42 Å². The molecular formula is C26H29FN4S. The van der Waals surface area contributed by atoms with E-state index in [2.05, 4.69) is 51.9 Å². The van der Waals surface area contributed by atoms with E-state index in [1.807, 2.05) is 6.08 Å². The maximum absolute atomic E-state index is 13.3. The summed E-state index contributed by atoms with van der Waals surface area (Å²) in [6, 6.07) is 13.9. The molecule has 0 spiro atoms. The van der Waals surface area contributed by atoms with Gasteiger partial charge in [0.15, 0.2) is 5.13 Å². The first-order valence-corrected chi connectivity index (χ1v) is 12.2. The third kappa shape index (κ3) is 4.17. The number of anilines is 2. The maximum Gasteiger partial charge on any atom is 0.186 e. The number of nitrogens with zero attached hydrogens (tertiary/aromatic N) is 4. The highest BCUT2D eigenvalue weighted by Gasteiger charge is 2.29. The van der Waals surface area contributed by atoms with Crippen molar-refractivity contribution in [3.63, 3.8) is 0 Å². The number of aromatic nitrogens is 1. The molecule has 2 aliphatic rings. The van der Waals surface area contributed by atoms with Crippen LogP contribution in [0.2, 0.25) is 0 Å². The molecular weight excluding hydrogens is 419 g/mol. The number of thiazole rings is 1. The van der Waals surface area contributed by atoms with Gasteiger partial charge in [0.05, 0.1) is 11.7 Å². The van der Waals surface area contributed by atoms with Gasteiger partial charge in [0.25, 0.3) is 0 Å². The van der Waals surface area contributed by atoms with E-state index < -0.39 is 0 Å². The quantitative estimate of drug-likeness (QED) is 0.472. The molecule has 1 aromatic heterocycles. The lowest BCUT2D eigenvalue weighted by molar-refractivity contribution is 0.284. The molecule has 0 N–H and O–H groups in total. The Morgan fingerprint density at radius 2 is 1.94 bits per heavy atom. The summed E-state index contributed by atoms with van der Waals surface area (Å²) in [5.41, 5.74) is 6.06. The summed E-state index contributed by atoms with van der Waals surface area (Å²) in [6.07, 6.45) is 4.20. The smallest absolute Gasteiger partial charge is 0.186 e. The Labute approximate surface area is 193 Å². The van der Waals surface area contributed by atoms with Crippen LogP contribution in [0.3, 0.4) is 0 Å². The summed E-state index contributed by atoms with van der Waals surface area (Å²) < 4.78 is 13.3. The minimum absolute atomic E-state index is 0.221. The van der Waals surface area contributed by atoms with Gasteiger partial charge in [-0.05, 0) is 60.4 Å². The third-order valence-electron chi connectivity index (χ3n) is 6.70. The number of aryl methyl sites for hydroxylation is 1. The Morgan fingerprint density at radius 3 is 2.69 bits per heavy atom. The largest absolute Gasteiger partial charge is 0.369 e. The highest BCUT2D eigenvalue weighted by atomic mass is 32.1. The van der Waals surface area contributed by atoms with Gasteiger partial charge in [0.1, 0.15) is 5.82 Å². The Kier molecular flexibility index (Phi) is 5.98. The van der Waals surface area contributed by atoms with Crippen LogP contribution in [0.1, 0.15) is 23.6 Å². The number of piperazine rings is 1. The van der Waals surface area contributed by atoms with Crippen molar-refractivity contribution in [3.05, 3.63) is 77.4 Å². The molecule has 0 amide bonds.